The number of non-ortho nitro benzene ring substituents is 1. The molecule has 0 heterocycles. The first kappa shape index (κ1) is 22.9. The fraction of sp³-hybridized carbons (Fsp3) is 0.0455. The Morgan fingerprint density at radius 2 is 1.66 bits per heavy atom. The van der Waals surface area contributed by atoms with E-state index in [9.17, 15) is 19.7 Å². The largest absolute Gasteiger partial charge is 0.484 e. The average Bonchev–Trinajstić information content (AvgIpc) is 2.79. The summed E-state index contributed by atoms with van der Waals surface area (Å²) in [5, 5.41) is 14.5. The highest BCUT2D eigenvalue weighted by atomic mass is 127. The van der Waals surface area contributed by atoms with Gasteiger partial charge in [0.25, 0.3) is 11.6 Å². The number of hydrogen-bond donors (Lipinski definition) is 1. The maximum Gasteiger partial charge on any atom is 0.344 e. The summed E-state index contributed by atoms with van der Waals surface area (Å²) >= 11 is 2.07. The van der Waals surface area contributed by atoms with Crippen LogP contribution in [0.2, 0.25) is 0 Å². The predicted molar refractivity (Wildman–Crippen MR) is 125 cm³/mol. The number of nitro benzene ring substituents is 1. The van der Waals surface area contributed by atoms with Gasteiger partial charge in [-0.15, -0.1) is 0 Å². The molecule has 1 amide bonds. The molecule has 0 aliphatic heterocycles. The molecule has 0 atom stereocenters. The van der Waals surface area contributed by atoms with Crippen LogP contribution in [0, 0.1) is 13.7 Å². The van der Waals surface area contributed by atoms with Gasteiger partial charge >= 0.3 is 5.97 Å². The van der Waals surface area contributed by atoms with Crippen molar-refractivity contribution < 1.29 is 24.0 Å². The minimum absolute atomic E-state index is 0.0676. The molecule has 10 heteroatoms. The summed E-state index contributed by atoms with van der Waals surface area (Å²) in [6.45, 7) is -0.303. The van der Waals surface area contributed by atoms with Crippen LogP contribution in [0.4, 0.5) is 5.69 Å². The number of carbonyl (C=O) groups is 2. The highest BCUT2D eigenvalue weighted by Gasteiger charge is 2.11. The quantitative estimate of drug-likeness (QED) is 0.114. The van der Waals surface area contributed by atoms with Crippen LogP contribution in [-0.4, -0.2) is 29.6 Å². The minimum Gasteiger partial charge on any atom is -0.484 e. The van der Waals surface area contributed by atoms with Crippen molar-refractivity contribution >= 4 is 46.4 Å². The van der Waals surface area contributed by atoms with Gasteiger partial charge in [-0.25, -0.2) is 10.2 Å². The van der Waals surface area contributed by atoms with Gasteiger partial charge in [-0.2, -0.15) is 5.10 Å². The number of carbonyl (C=O) groups excluding carboxylic acids is 2. The van der Waals surface area contributed by atoms with Crippen LogP contribution in [0.3, 0.4) is 0 Å². The zero-order valence-corrected chi connectivity index (χ0v) is 18.6. The van der Waals surface area contributed by atoms with Crippen molar-refractivity contribution in [1.29, 1.82) is 0 Å². The maximum absolute atomic E-state index is 12.2. The summed E-state index contributed by atoms with van der Waals surface area (Å²) in [6.07, 6.45) is 1.43. The standard InChI is InChI=1S/C22H16IN3O6/c23-20-4-2-1-3-19(20)22(28)32-18-9-5-15(6-10-18)13-24-25-21(27)14-31-17-11-7-16(8-12-17)26(29)30/h1-13H,14H2,(H,25,27)/b24-13-. The Bertz CT molecular complexity index is 1150. The molecule has 0 radical (unpaired) electrons. The number of hydrogen-bond acceptors (Lipinski definition) is 7. The third kappa shape index (κ3) is 6.60. The molecule has 0 fully saturated rings. The van der Waals surface area contributed by atoms with E-state index < -0.39 is 16.8 Å². The highest BCUT2D eigenvalue weighted by Crippen LogP contribution is 2.18. The van der Waals surface area contributed by atoms with Gasteiger partial charge in [0.05, 0.1) is 16.7 Å². The van der Waals surface area contributed by atoms with Gasteiger partial charge in [0.1, 0.15) is 11.5 Å². The second kappa shape index (κ2) is 11.0. The number of rotatable bonds is 8. The van der Waals surface area contributed by atoms with Crippen LogP contribution in [0.25, 0.3) is 0 Å². The first-order chi connectivity index (χ1) is 15.4. The fourth-order valence-electron chi connectivity index (χ4n) is 2.43. The van der Waals surface area contributed by atoms with E-state index in [4.69, 9.17) is 9.47 Å². The van der Waals surface area contributed by atoms with E-state index >= 15 is 0 Å². The summed E-state index contributed by atoms with van der Waals surface area (Å²) in [7, 11) is 0. The molecule has 0 bridgehead atoms. The molecule has 0 unspecified atom stereocenters. The number of amides is 1. The first-order valence-electron chi connectivity index (χ1n) is 9.18. The maximum atomic E-state index is 12.2. The third-order valence-electron chi connectivity index (χ3n) is 4.00. The van der Waals surface area contributed by atoms with Crippen LogP contribution >= 0.6 is 22.6 Å². The molecule has 162 valence electrons. The van der Waals surface area contributed by atoms with Gasteiger partial charge in [-0.05, 0) is 76.7 Å². The molecule has 3 rings (SSSR count). The number of nitrogens with one attached hydrogen (secondary N) is 1. The van der Waals surface area contributed by atoms with Crippen molar-refractivity contribution in [3.63, 3.8) is 0 Å². The second-order valence-electron chi connectivity index (χ2n) is 6.27. The van der Waals surface area contributed by atoms with Crippen molar-refractivity contribution in [2.75, 3.05) is 6.61 Å². The van der Waals surface area contributed by atoms with E-state index in [2.05, 4.69) is 33.1 Å². The molecule has 9 nitrogen and oxygen atoms in total. The van der Waals surface area contributed by atoms with Gasteiger partial charge in [0.15, 0.2) is 6.61 Å². The molecule has 0 saturated heterocycles. The van der Waals surface area contributed by atoms with Crippen LogP contribution in [0.5, 0.6) is 11.5 Å². The van der Waals surface area contributed by atoms with Crippen molar-refractivity contribution in [3.8, 4) is 11.5 Å². The smallest absolute Gasteiger partial charge is 0.344 e. The van der Waals surface area contributed by atoms with E-state index in [1.54, 1.807) is 36.4 Å². The number of hydrazone groups is 1. The molecule has 3 aromatic carbocycles. The summed E-state index contributed by atoms with van der Waals surface area (Å²) in [5.74, 6) is -0.239. The Morgan fingerprint density at radius 1 is 1.00 bits per heavy atom. The zero-order chi connectivity index (χ0) is 22.9. The van der Waals surface area contributed by atoms with Crippen molar-refractivity contribution in [2.45, 2.75) is 0 Å². The van der Waals surface area contributed by atoms with E-state index in [-0.39, 0.29) is 12.3 Å². The summed E-state index contributed by atoms with van der Waals surface area (Å²) in [4.78, 5) is 34.1. The van der Waals surface area contributed by atoms with E-state index in [1.807, 2.05) is 12.1 Å². The molecule has 32 heavy (non-hydrogen) atoms. The average molecular weight is 545 g/mol. The fourth-order valence-corrected chi connectivity index (χ4v) is 3.04. The Kier molecular flexibility index (Phi) is 7.86. The number of esters is 1. The molecule has 3 aromatic rings. The van der Waals surface area contributed by atoms with Crippen LogP contribution in [0.1, 0.15) is 15.9 Å². The first-order valence-corrected chi connectivity index (χ1v) is 10.3. The van der Waals surface area contributed by atoms with Gasteiger partial charge in [0.2, 0.25) is 0 Å². The van der Waals surface area contributed by atoms with Crippen LogP contribution in [-0.2, 0) is 4.79 Å². The molecular formula is C22H16IN3O6. The van der Waals surface area contributed by atoms with E-state index in [0.29, 0.717) is 22.6 Å². The number of benzene rings is 3. The predicted octanol–water partition coefficient (Wildman–Crippen LogP) is 3.95. The zero-order valence-electron chi connectivity index (χ0n) is 16.4. The lowest BCUT2D eigenvalue weighted by Gasteiger charge is -2.06. The van der Waals surface area contributed by atoms with E-state index in [0.717, 1.165) is 3.57 Å². The summed E-state index contributed by atoms with van der Waals surface area (Å²) < 4.78 is 11.4. The summed E-state index contributed by atoms with van der Waals surface area (Å²) in [5.41, 5.74) is 3.41. The Labute approximate surface area is 196 Å². The van der Waals surface area contributed by atoms with Crippen molar-refractivity contribution in [1.82, 2.24) is 5.43 Å². The van der Waals surface area contributed by atoms with Crippen molar-refractivity contribution in [2.24, 2.45) is 5.10 Å². The lowest BCUT2D eigenvalue weighted by atomic mass is 10.2. The molecule has 1 N–H and O–H groups in total. The molecule has 0 aliphatic rings. The Morgan fingerprint density at radius 3 is 2.31 bits per heavy atom. The van der Waals surface area contributed by atoms with Crippen molar-refractivity contribution in [3.05, 3.63) is 97.6 Å². The topological polar surface area (TPSA) is 120 Å². The highest BCUT2D eigenvalue weighted by molar-refractivity contribution is 14.1. The Balaban J connectivity index is 1.46. The molecular weight excluding hydrogens is 529 g/mol. The summed E-state index contributed by atoms with van der Waals surface area (Å²) in [6, 6.07) is 19.1. The lowest BCUT2D eigenvalue weighted by Crippen LogP contribution is -2.24. The van der Waals surface area contributed by atoms with Gasteiger partial charge in [0, 0.05) is 15.7 Å². The molecule has 0 aromatic heterocycles. The molecule has 0 saturated carbocycles. The Hall–Kier alpha value is -3.80. The lowest BCUT2D eigenvalue weighted by molar-refractivity contribution is -0.384. The molecule has 0 aliphatic carbocycles. The van der Waals surface area contributed by atoms with Gasteiger partial charge in [-0.1, -0.05) is 12.1 Å². The normalized spacial score (nSPS) is 10.5. The van der Waals surface area contributed by atoms with E-state index in [1.165, 1.54) is 30.5 Å². The second-order valence-corrected chi connectivity index (χ2v) is 7.43. The van der Waals surface area contributed by atoms with Crippen LogP contribution in [0.15, 0.2) is 77.9 Å². The number of halogens is 1. The van der Waals surface area contributed by atoms with Gasteiger partial charge in [-0.3, -0.25) is 14.9 Å². The number of nitrogens with zero attached hydrogens (tertiary/aromatic N) is 2. The SMILES string of the molecule is O=C(COc1ccc([N+](=O)[O-])cc1)N/N=C\c1ccc(OC(=O)c2ccccc2I)cc1. The van der Waals surface area contributed by atoms with Crippen LogP contribution < -0.4 is 14.9 Å². The third-order valence-corrected chi connectivity index (χ3v) is 4.95. The molecule has 0 spiro atoms. The van der Waals surface area contributed by atoms with Gasteiger partial charge < -0.3 is 9.47 Å². The monoisotopic (exact) mass is 545 g/mol. The number of ether oxygens (including phenoxy) is 2. The number of nitro groups is 1. The minimum atomic E-state index is -0.522.